The maximum absolute atomic E-state index is 13.9. The van der Waals surface area contributed by atoms with Gasteiger partial charge in [0.15, 0.2) is 30.1 Å². The van der Waals surface area contributed by atoms with Crippen LogP contribution >= 0.6 is 0 Å². The Morgan fingerprint density at radius 3 is 2.11 bits per heavy atom. The van der Waals surface area contributed by atoms with Crippen LogP contribution in [0.15, 0.2) is 60.7 Å². The van der Waals surface area contributed by atoms with E-state index in [-0.39, 0.29) is 32.0 Å². The lowest BCUT2D eigenvalue weighted by atomic mass is 10.0. The van der Waals surface area contributed by atoms with Crippen molar-refractivity contribution in [1.29, 1.82) is 0 Å². The predicted octanol–water partition coefficient (Wildman–Crippen LogP) is 3.99. The molecule has 12 heteroatoms. The summed E-state index contributed by atoms with van der Waals surface area (Å²) in [6.07, 6.45) is -3.95. The Bertz CT molecular complexity index is 1370. The summed E-state index contributed by atoms with van der Waals surface area (Å²) in [6, 6.07) is 16.4. The first-order chi connectivity index (χ1) is 22.3. The van der Waals surface area contributed by atoms with Crippen molar-refractivity contribution in [2.75, 3.05) is 6.61 Å². The number of hydrogen-bond acceptors (Lipinski definition) is 10. The number of esters is 1. The zero-order chi connectivity index (χ0) is 33.8. The molecule has 0 saturated carbocycles. The third-order valence-corrected chi connectivity index (χ3v) is 8.09. The van der Waals surface area contributed by atoms with Gasteiger partial charge in [0.1, 0.15) is 30.9 Å². The smallest absolute Gasteiger partial charge is 0.408 e. The van der Waals surface area contributed by atoms with Gasteiger partial charge in [-0.1, -0.05) is 74.5 Å². The molecule has 2 aromatic carbocycles. The Labute approximate surface area is 275 Å². The molecule has 3 fully saturated rings. The molecule has 3 saturated heterocycles. The van der Waals surface area contributed by atoms with Crippen LogP contribution in [0.1, 0.15) is 59.1 Å². The first kappa shape index (κ1) is 34.8. The minimum atomic E-state index is -1.03. The van der Waals surface area contributed by atoms with Crippen LogP contribution in [0.5, 0.6) is 0 Å². The van der Waals surface area contributed by atoms with Crippen LogP contribution in [0.3, 0.4) is 0 Å². The van der Waals surface area contributed by atoms with Gasteiger partial charge in [-0.2, -0.15) is 0 Å². The van der Waals surface area contributed by atoms with E-state index in [1.807, 2.05) is 74.5 Å². The molecule has 0 spiro atoms. The van der Waals surface area contributed by atoms with Crippen LogP contribution in [0.2, 0.25) is 0 Å². The van der Waals surface area contributed by atoms with Crippen LogP contribution in [0, 0.1) is 5.92 Å². The molecule has 256 valence electrons. The van der Waals surface area contributed by atoms with E-state index >= 15 is 0 Å². The number of ether oxygens (including phenoxy) is 7. The normalized spacial score (nSPS) is 27.1. The second kappa shape index (κ2) is 14.7. The second-order valence-electron chi connectivity index (χ2n) is 13.5. The van der Waals surface area contributed by atoms with Gasteiger partial charge in [0.25, 0.3) is 0 Å². The van der Waals surface area contributed by atoms with E-state index < -0.39 is 72.3 Å². The van der Waals surface area contributed by atoms with Gasteiger partial charge < -0.3 is 43.8 Å². The third kappa shape index (κ3) is 9.29. The molecular weight excluding hydrogens is 608 g/mol. The molecule has 0 radical (unpaired) electrons. The molecule has 2 amide bonds. The highest BCUT2D eigenvalue weighted by atomic mass is 16.8. The maximum Gasteiger partial charge on any atom is 0.408 e. The van der Waals surface area contributed by atoms with Gasteiger partial charge in [-0.05, 0) is 51.2 Å². The summed E-state index contributed by atoms with van der Waals surface area (Å²) in [7, 11) is 0. The first-order valence-electron chi connectivity index (χ1n) is 16.1. The zero-order valence-corrected chi connectivity index (χ0v) is 27.8. The first-order valence-corrected chi connectivity index (χ1v) is 16.1. The molecule has 12 nitrogen and oxygen atoms in total. The minimum absolute atomic E-state index is 0.0185. The van der Waals surface area contributed by atoms with Gasteiger partial charge in [0.05, 0.1) is 6.61 Å². The molecule has 0 unspecified atom stereocenters. The van der Waals surface area contributed by atoms with E-state index in [0.29, 0.717) is 0 Å². The molecule has 7 atom stereocenters. The van der Waals surface area contributed by atoms with Gasteiger partial charge in [-0.25, -0.2) is 9.59 Å². The van der Waals surface area contributed by atoms with Crippen LogP contribution in [0.25, 0.3) is 0 Å². The number of nitrogens with one attached hydrogen (secondary N) is 2. The number of carbonyl (C=O) groups is 3. The average Bonchev–Trinajstić information content (AvgIpc) is 3.64. The standard InChI is InChI=1S/C35H46N2O10/c1-21(2)17-25(31(39)43-28-27(26-20-42-34(3,4)45-26)44-32-29(28)46-35(5,6)47-32)36-30(38)24(18-22-13-9-7-10-14-22)37-33(40)41-19-23-15-11-8-12-16-23/h7-16,21,24-29,32H,17-20H2,1-6H3,(H,36,38)(H,37,40)/t24-,25-,26+,27-,28+,29-,32+/m1/s1. The lowest BCUT2D eigenvalue weighted by Crippen LogP contribution is -2.54. The number of amides is 2. The van der Waals surface area contributed by atoms with Crippen molar-refractivity contribution in [3.8, 4) is 0 Å². The van der Waals surface area contributed by atoms with Crippen molar-refractivity contribution in [1.82, 2.24) is 10.6 Å². The number of carbonyl (C=O) groups excluding carboxylic acids is 3. The monoisotopic (exact) mass is 654 g/mol. The van der Waals surface area contributed by atoms with E-state index in [1.54, 1.807) is 27.7 Å². The number of fused-ring (bicyclic) bond motifs is 1. The molecule has 2 aromatic rings. The van der Waals surface area contributed by atoms with Crippen molar-refractivity contribution in [3.63, 3.8) is 0 Å². The fourth-order valence-corrected chi connectivity index (χ4v) is 5.96. The molecule has 3 heterocycles. The van der Waals surface area contributed by atoms with E-state index in [9.17, 15) is 14.4 Å². The van der Waals surface area contributed by atoms with E-state index in [0.717, 1.165) is 11.1 Å². The highest BCUT2D eigenvalue weighted by Crippen LogP contribution is 2.42. The lowest BCUT2D eigenvalue weighted by molar-refractivity contribution is -0.235. The number of alkyl carbamates (subject to hydrolysis) is 1. The van der Waals surface area contributed by atoms with Crippen molar-refractivity contribution >= 4 is 18.0 Å². The van der Waals surface area contributed by atoms with Crippen LogP contribution in [0.4, 0.5) is 4.79 Å². The van der Waals surface area contributed by atoms with Gasteiger partial charge >= 0.3 is 12.1 Å². The Morgan fingerprint density at radius 1 is 0.830 bits per heavy atom. The Morgan fingerprint density at radius 2 is 1.49 bits per heavy atom. The van der Waals surface area contributed by atoms with E-state index in [4.69, 9.17) is 33.2 Å². The van der Waals surface area contributed by atoms with Crippen LogP contribution in [-0.2, 0) is 55.8 Å². The fourth-order valence-electron chi connectivity index (χ4n) is 5.96. The summed E-state index contributed by atoms with van der Waals surface area (Å²) in [5.74, 6) is -2.99. The van der Waals surface area contributed by atoms with Crippen LogP contribution in [-0.4, -0.2) is 78.9 Å². The summed E-state index contributed by atoms with van der Waals surface area (Å²) >= 11 is 0. The largest absolute Gasteiger partial charge is 0.455 e. The highest BCUT2D eigenvalue weighted by Gasteiger charge is 2.60. The SMILES string of the molecule is CC(C)C[C@@H](NC(=O)[C@@H](Cc1ccccc1)NC(=O)OCc1ccccc1)C(=O)O[C@@H]1[C@H]2OC(C)(C)O[C@@H]2O[C@@H]1[C@@H]1COC(C)(C)O1. The predicted molar refractivity (Wildman–Crippen MR) is 169 cm³/mol. The van der Waals surface area contributed by atoms with Crippen molar-refractivity contribution in [3.05, 3.63) is 71.8 Å². The molecule has 3 aliphatic rings. The summed E-state index contributed by atoms with van der Waals surface area (Å²) in [4.78, 5) is 40.6. The number of rotatable bonds is 12. The fraction of sp³-hybridized carbons (Fsp3) is 0.571. The molecule has 0 aliphatic carbocycles. The molecule has 0 aromatic heterocycles. The maximum atomic E-state index is 13.9. The molecule has 5 rings (SSSR count). The van der Waals surface area contributed by atoms with Gasteiger partial charge in [-0.3, -0.25) is 4.79 Å². The van der Waals surface area contributed by atoms with Crippen LogP contribution < -0.4 is 10.6 Å². The summed E-state index contributed by atoms with van der Waals surface area (Å²) < 4.78 is 41.5. The quantitative estimate of drug-likeness (QED) is 0.323. The minimum Gasteiger partial charge on any atom is -0.455 e. The topological polar surface area (TPSA) is 140 Å². The van der Waals surface area contributed by atoms with E-state index in [2.05, 4.69) is 10.6 Å². The number of hydrogen-bond donors (Lipinski definition) is 2. The third-order valence-electron chi connectivity index (χ3n) is 8.09. The zero-order valence-electron chi connectivity index (χ0n) is 27.8. The molecule has 2 N–H and O–H groups in total. The summed E-state index contributed by atoms with van der Waals surface area (Å²) in [5, 5.41) is 5.53. The second-order valence-corrected chi connectivity index (χ2v) is 13.5. The highest BCUT2D eigenvalue weighted by molar-refractivity contribution is 5.90. The van der Waals surface area contributed by atoms with Crippen molar-refractivity contribution in [2.45, 2.75) is 115 Å². The Hall–Kier alpha value is -3.55. The summed E-state index contributed by atoms with van der Waals surface area (Å²) in [5.41, 5.74) is 1.62. The lowest BCUT2D eigenvalue weighted by Gasteiger charge is -2.30. The number of benzene rings is 2. The van der Waals surface area contributed by atoms with E-state index in [1.165, 1.54) is 0 Å². The molecule has 3 aliphatic heterocycles. The molecule has 0 bridgehead atoms. The van der Waals surface area contributed by atoms with Crippen molar-refractivity contribution in [2.24, 2.45) is 5.92 Å². The summed E-state index contributed by atoms with van der Waals surface area (Å²) in [6.45, 7) is 11.3. The average molecular weight is 655 g/mol. The molecular formula is C35H46N2O10. The molecule has 47 heavy (non-hydrogen) atoms. The van der Waals surface area contributed by atoms with Gasteiger partial charge in [0, 0.05) is 6.42 Å². The Kier molecular flexibility index (Phi) is 10.9. The van der Waals surface area contributed by atoms with Gasteiger partial charge in [0.2, 0.25) is 5.91 Å². The van der Waals surface area contributed by atoms with Gasteiger partial charge in [-0.15, -0.1) is 0 Å². The van der Waals surface area contributed by atoms with Crippen molar-refractivity contribution < 1.29 is 47.5 Å². The Balaban J connectivity index is 1.30.